The zero-order valence-electron chi connectivity index (χ0n) is 10.5. The molecule has 0 radical (unpaired) electrons. The minimum Gasteiger partial charge on any atom is -0.480 e. The van der Waals surface area contributed by atoms with Crippen LogP contribution in [0.3, 0.4) is 0 Å². The fourth-order valence-electron chi connectivity index (χ4n) is 0.570. The molecule has 0 saturated carbocycles. The first-order valence-electron chi connectivity index (χ1n) is 5.08. The quantitative estimate of drug-likeness (QED) is 0.503. The van der Waals surface area contributed by atoms with Gasteiger partial charge in [-0.2, -0.15) is 0 Å². The zero-order chi connectivity index (χ0) is 13.5. The Morgan fingerprint density at radius 3 is 1.00 bits per heavy atom. The minimum absolute atomic E-state index is 0. The summed E-state index contributed by atoms with van der Waals surface area (Å²) in [5.41, 5.74) is 10.3. The molecule has 0 heterocycles. The number of carbonyl (C=O) groups is 2. The van der Waals surface area contributed by atoms with Gasteiger partial charge in [-0.25, -0.2) is 0 Å². The molecule has 0 rings (SSSR count). The van der Waals surface area contributed by atoms with Crippen LogP contribution in [0.1, 0.15) is 27.7 Å². The smallest absolute Gasteiger partial charge is 0.480 e. The van der Waals surface area contributed by atoms with Crippen LogP contribution in [0.15, 0.2) is 0 Å². The van der Waals surface area contributed by atoms with E-state index in [1.165, 1.54) is 0 Å². The monoisotopic (exact) mass is 429 g/mol. The number of carboxylic acids is 2. The molecule has 2 unspecified atom stereocenters. The van der Waals surface area contributed by atoms with Crippen LogP contribution >= 0.6 is 0 Å². The maximum Gasteiger partial charge on any atom is 2.00 e. The van der Waals surface area contributed by atoms with Gasteiger partial charge in [0.05, 0.1) is 0 Å². The van der Waals surface area contributed by atoms with E-state index in [0.717, 1.165) is 0 Å². The summed E-state index contributed by atoms with van der Waals surface area (Å²) in [5, 5.41) is 16.5. The number of hydrogen-bond donors (Lipinski definition) is 4. The van der Waals surface area contributed by atoms with Crippen molar-refractivity contribution < 1.29 is 40.9 Å². The van der Waals surface area contributed by atoms with E-state index in [4.69, 9.17) is 21.7 Å². The number of carboxylic acid groups (broad SMARTS) is 2. The van der Waals surface area contributed by atoms with Crippen molar-refractivity contribution in [2.75, 3.05) is 0 Å². The summed E-state index contributed by atoms with van der Waals surface area (Å²) >= 11 is 0. The second-order valence-corrected chi connectivity index (χ2v) is 4.22. The molecule has 0 aliphatic carbocycles. The number of aliphatic carboxylic acids is 2. The van der Waals surface area contributed by atoms with Crippen LogP contribution in [0.5, 0.6) is 0 Å². The molecule has 2 atom stereocenters. The Morgan fingerprint density at radius 2 is 1.00 bits per heavy atom. The van der Waals surface area contributed by atoms with Gasteiger partial charge in [-0.1, -0.05) is 27.7 Å². The molecule has 0 fully saturated rings. The van der Waals surface area contributed by atoms with E-state index in [9.17, 15) is 9.59 Å². The predicted molar refractivity (Wildman–Crippen MR) is 60.9 cm³/mol. The third-order valence-corrected chi connectivity index (χ3v) is 2.01. The third kappa shape index (κ3) is 11.8. The summed E-state index contributed by atoms with van der Waals surface area (Å²) in [6, 6.07) is -1.43. The summed E-state index contributed by atoms with van der Waals surface area (Å²) in [5.74, 6) is -1.82. The van der Waals surface area contributed by atoms with Crippen LogP contribution in [0.4, 0.5) is 0 Å². The van der Waals surface area contributed by atoms with Gasteiger partial charge in [-0.05, 0) is 11.8 Å². The van der Waals surface area contributed by atoms with Crippen molar-refractivity contribution in [3.8, 4) is 0 Å². The van der Waals surface area contributed by atoms with Crippen molar-refractivity contribution in [1.29, 1.82) is 0 Å². The molecule has 6 nitrogen and oxygen atoms in total. The fraction of sp³-hybridized carbons (Fsp3) is 0.800. The summed E-state index contributed by atoms with van der Waals surface area (Å²) in [6.45, 7) is 7.11. The molecule has 7 heteroatoms. The molecule has 0 spiro atoms. The Balaban J connectivity index is -0.000000218. The second kappa shape index (κ2) is 10.7. The molecule has 17 heavy (non-hydrogen) atoms. The SMILES string of the molecule is CC(C)C(N)C(=O)O.CC(C)C(N)C(=O)O.[Pt+2]. The Kier molecular flexibility index (Phi) is 13.7. The fourth-order valence-corrected chi connectivity index (χ4v) is 0.570. The van der Waals surface area contributed by atoms with Crippen LogP contribution in [-0.4, -0.2) is 34.2 Å². The Hall–Kier alpha value is -0.452. The standard InChI is InChI=1S/2C5H11NO2.Pt/c2*1-3(2)4(6)5(7)8;/h2*3-4H,6H2,1-2H3,(H,7,8);/q;;+2. The maximum absolute atomic E-state index is 10.0. The van der Waals surface area contributed by atoms with E-state index in [1.807, 2.05) is 0 Å². The largest absolute Gasteiger partial charge is 2.00 e. The summed E-state index contributed by atoms with van der Waals surface area (Å²) in [4.78, 5) is 20.0. The average molecular weight is 429 g/mol. The van der Waals surface area contributed by atoms with E-state index in [0.29, 0.717) is 0 Å². The van der Waals surface area contributed by atoms with Crippen molar-refractivity contribution in [2.24, 2.45) is 23.3 Å². The van der Waals surface area contributed by atoms with Gasteiger partial charge in [-0.3, -0.25) is 9.59 Å². The van der Waals surface area contributed by atoms with Crippen LogP contribution in [0.25, 0.3) is 0 Å². The summed E-state index contributed by atoms with van der Waals surface area (Å²) < 4.78 is 0. The van der Waals surface area contributed by atoms with Gasteiger partial charge in [0.1, 0.15) is 12.1 Å². The van der Waals surface area contributed by atoms with Gasteiger partial charge >= 0.3 is 33.0 Å². The van der Waals surface area contributed by atoms with E-state index in [2.05, 4.69) is 0 Å². The number of nitrogens with two attached hydrogens (primary N) is 2. The van der Waals surface area contributed by atoms with E-state index >= 15 is 0 Å². The minimum atomic E-state index is -0.931. The molecule has 104 valence electrons. The Bertz CT molecular complexity index is 210. The first kappa shape index (κ1) is 21.8. The van der Waals surface area contributed by atoms with E-state index in [-0.39, 0.29) is 32.9 Å². The molecule has 6 N–H and O–H groups in total. The van der Waals surface area contributed by atoms with Crippen LogP contribution in [0, 0.1) is 11.8 Å². The van der Waals surface area contributed by atoms with Crippen molar-refractivity contribution in [3.05, 3.63) is 0 Å². The molecular weight excluding hydrogens is 407 g/mol. The molecule has 0 aromatic carbocycles. The number of hydrogen-bond acceptors (Lipinski definition) is 4. The molecule has 0 bridgehead atoms. The Morgan fingerprint density at radius 1 is 0.824 bits per heavy atom. The molecule has 0 amide bonds. The molecular formula is C10H22N2O4Pt+2. The normalized spacial score (nSPS) is 13.2. The predicted octanol–water partition coefficient (Wildman–Crippen LogP) is 0.106. The van der Waals surface area contributed by atoms with E-state index < -0.39 is 24.0 Å². The second-order valence-electron chi connectivity index (χ2n) is 4.22. The van der Waals surface area contributed by atoms with Crippen LogP contribution in [-0.2, 0) is 30.7 Å². The van der Waals surface area contributed by atoms with Gasteiger partial charge in [0.25, 0.3) is 0 Å². The molecule has 0 aliphatic heterocycles. The summed E-state index contributed by atoms with van der Waals surface area (Å²) in [6.07, 6.45) is 0. The van der Waals surface area contributed by atoms with Crippen LogP contribution < -0.4 is 11.5 Å². The van der Waals surface area contributed by atoms with Gasteiger partial charge < -0.3 is 21.7 Å². The molecule has 0 saturated heterocycles. The third-order valence-electron chi connectivity index (χ3n) is 2.01. The van der Waals surface area contributed by atoms with Crippen molar-refractivity contribution in [1.82, 2.24) is 0 Å². The van der Waals surface area contributed by atoms with Crippen molar-refractivity contribution >= 4 is 11.9 Å². The average Bonchev–Trinajstić information content (AvgIpc) is 2.15. The van der Waals surface area contributed by atoms with Crippen LogP contribution in [0.2, 0.25) is 0 Å². The van der Waals surface area contributed by atoms with Gasteiger partial charge in [0.15, 0.2) is 0 Å². The van der Waals surface area contributed by atoms with Gasteiger partial charge in [0, 0.05) is 0 Å². The maximum atomic E-state index is 10.0. The topological polar surface area (TPSA) is 127 Å². The van der Waals surface area contributed by atoms with E-state index in [1.54, 1.807) is 27.7 Å². The first-order chi connectivity index (χ1) is 7.11. The summed E-state index contributed by atoms with van der Waals surface area (Å²) in [7, 11) is 0. The first-order valence-corrected chi connectivity index (χ1v) is 5.08. The Labute approximate surface area is 116 Å². The zero-order valence-corrected chi connectivity index (χ0v) is 12.8. The number of rotatable bonds is 4. The molecule has 0 aromatic rings. The van der Waals surface area contributed by atoms with Gasteiger partial charge in [-0.15, -0.1) is 0 Å². The van der Waals surface area contributed by atoms with Crippen molar-refractivity contribution in [2.45, 2.75) is 39.8 Å². The van der Waals surface area contributed by atoms with Crippen molar-refractivity contribution in [3.63, 3.8) is 0 Å². The van der Waals surface area contributed by atoms with Gasteiger partial charge in [0.2, 0.25) is 0 Å². The molecule has 0 aliphatic rings. The molecule has 0 aromatic heterocycles.